The molecule has 0 saturated heterocycles. The van der Waals surface area contributed by atoms with Gasteiger partial charge in [0.05, 0.1) is 22.6 Å². The molecule has 144 valence electrons. The van der Waals surface area contributed by atoms with E-state index in [1.807, 2.05) is 30.3 Å². The van der Waals surface area contributed by atoms with Crippen molar-refractivity contribution in [2.45, 2.75) is 31.3 Å². The summed E-state index contributed by atoms with van der Waals surface area (Å²) >= 11 is 7.69. The van der Waals surface area contributed by atoms with Crippen LogP contribution >= 0.6 is 23.4 Å². The Balaban J connectivity index is 1.53. The Morgan fingerprint density at radius 2 is 1.93 bits per heavy atom. The molecular weight excluding hydrogens is 398 g/mol. The average molecular weight is 416 g/mol. The zero-order valence-corrected chi connectivity index (χ0v) is 16.9. The fraction of sp³-hybridized carbons (Fsp3) is 0.263. The maximum absolute atomic E-state index is 6.20. The molecule has 1 aromatic carbocycles. The van der Waals surface area contributed by atoms with E-state index >= 15 is 0 Å². The number of benzene rings is 1. The van der Waals surface area contributed by atoms with Crippen LogP contribution < -0.4 is 0 Å². The molecule has 0 fully saturated rings. The SMILES string of the molecule is CC(C)Cn1c(SCc2nnc(-c3ccccc3Cl)o2)nnc1-c1ccco1. The third-order valence-corrected chi connectivity index (χ3v) is 5.18. The van der Waals surface area contributed by atoms with Gasteiger partial charge in [0.1, 0.15) is 0 Å². The molecule has 9 heteroatoms. The molecule has 0 atom stereocenters. The Labute approximate surface area is 171 Å². The Kier molecular flexibility index (Phi) is 5.50. The molecule has 0 aliphatic rings. The van der Waals surface area contributed by atoms with E-state index < -0.39 is 0 Å². The van der Waals surface area contributed by atoms with E-state index in [-0.39, 0.29) is 0 Å². The summed E-state index contributed by atoms with van der Waals surface area (Å²) in [6, 6.07) is 11.1. The smallest absolute Gasteiger partial charge is 0.249 e. The van der Waals surface area contributed by atoms with Crippen molar-refractivity contribution in [1.29, 1.82) is 0 Å². The van der Waals surface area contributed by atoms with Gasteiger partial charge >= 0.3 is 0 Å². The van der Waals surface area contributed by atoms with Gasteiger partial charge in [-0.15, -0.1) is 20.4 Å². The normalized spacial score (nSPS) is 11.4. The maximum atomic E-state index is 6.20. The van der Waals surface area contributed by atoms with E-state index in [9.17, 15) is 0 Å². The highest BCUT2D eigenvalue weighted by Gasteiger charge is 2.19. The molecule has 4 aromatic rings. The van der Waals surface area contributed by atoms with Gasteiger partial charge in [-0.1, -0.05) is 49.3 Å². The monoisotopic (exact) mass is 415 g/mol. The molecule has 0 aliphatic carbocycles. The van der Waals surface area contributed by atoms with Gasteiger partial charge in [-0.3, -0.25) is 4.57 Å². The summed E-state index contributed by atoms with van der Waals surface area (Å²) in [4.78, 5) is 0. The van der Waals surface area contributed by atoms with Gasteiger partial charge in [-0.2, -0.15) is 0 Å². The van der Waals surface area contributed by atoms with Crippen LogP contribution in [-0.2, 0) is 12.3 Å². The summed E-state index contributed by atoms with van der Waals surface area (Å²) in [5.41, 5.74) is 0.719. The highest BCUT2D eigenvalue weighted by molar-refractivity contribution is 7.98. The second-order valence-electron chi connectivity index (χ2n) is 6.56. The van der Waals surface area contributed by atoms with Crippen LogP contribution in [-0.4, -0.2) is 25.0 Å². The van der Waals surface area contributed by atoms with Crippen LogP contribution in [0.2, 0.25) is 5.02 Å². The van der Waals surface area contributed by atoms with E-state index in [4.69, 9.17) is 20.4 Å². The molecule has 0 N–H and O–H groups in total. The lowest BCUT2D eigenvalue weighted by Crippen LogP contribution is -2.07. The third kappa shape index (κ3) is 3.98. The first-order chi connectivity index (χ1) is 13.6. The van der Waals surface area contributed by atoms with Gasteiger partial charge in [0.15, 0.2) is 16.7 Å². The fourth-order valence-corrected chi connectivity index (χ4v) is 3.70. The van der Waals surface area contributed by atoms with Gasteiger partial charge in [-0.25, -0.2) is 0 Å². The minimum Gasteiger partial charge on any atom is -0.461 e. The van der Waals surface area contributed by atoms with Crippen LogP contribution in [0.5, 0.6) is 0 Å². The predicted molar refractivity (Wildman–Crippen MR) is 107 cm³/mol. The lowest BCUT2D eigenvalue weighted by Gasteiger charge is -2.10. The summed E-state index contributed by atoms with van der Waals surface area (Å²) in [6.07, 6.45) is 1.63. The van der Waals surface area contributed by atoms with E-state index in [0.29, 0.717) is 40.1 Å². The zero-order valence-electron chi connectivity index (χ0n) is 15.4. The summed E-state index contributed by atoms with van der Waals surface area (Å²) in [5.74, 6) is 3.22. The number of thioether (sulfide) groups is 1. The summed E-state index contributed by atoms with van der Waals surface area (Å²) in [7, 11) is 0. The molecule has 0 saturated carbocycles. The van der Waals surface area contributed by atoms with Crippen LogP contribution in [0.3, 0.4) is 0 Å². The Hall–Kier alpha value is -2.58. The molecule has 0 aliphatic heterocycles. The number of hydrogen-bond acceptors (Lipinski definition) is 7. The summed E-state index contributed by atoms with van der Waals surface area (Å²) in [6.45, 7) is 5.07. The molecular formula is C19H18ClN5O2S. The highest BCUT2D eigenvalue weighted by atomic mass is 35.5. The van der Waals surface area contributed by atoms with Gasteiger partial charge in [0, 0.05) is 6.54 Å². The van der Waals surface area contributed by atoms with E-state index in [0.717, 1.165) is 17.3 Å². The second-order valence-corrected chi connectivity index (χ2v) is 7.91. The minimum atomic E-state index is 0.404. The lowest BCUT2D eigenvalue weighted by atomic mass is 10.2. The first-order valence-electron chi connectivity index (χ1n) is 8.79. The van der Waals surface area contributed by atoms with Crippen molar-refractivity contribution < 1.29 is 8.83 Å². The van der Waals surface area contributed by atoms with Crippen molar-refractivity contribution in [3.05, 3.63) is 53.6 Å². The number of halogens is 1. The quantitative estimate of drug-likeness (QED) is 0.384. The molecule has 0 spiro atoms. The number of rotatable bonds is 7. The van der Waals surface area contributed by atoms with Crippen molar-refractivity contribution in [2.24, 2.45) is 5.92 Å². The second kappa shape index (κ2) is 8.20. The van der Waals surface area contributed by atoms with Crippen molar-refractivity contribution in [3.8, 4) is 23.0 Å². The van der Waals surface area contributed by atoms with Crippen molar-refractivity contribution >= 4 is 23.4 Å². The van der Waals surface area contributed by atoms with Crippen molar-refractivity contribution in [2.75, 3.05) is 0 Å². The molecule has 4 rings (SSSR count). The topological polar surface area (TPSA) is 82.8 Å². The standard InChI is InChI=1S/C19H18ClN5O2S/c1-12(2)10-25-17(15-8-5-9-26-15)22-24-19(25)28-11-16-21-23-18(27-16)13-6-3-4-7-14(13)20/h3-9,12H,10-11H2,1-2H3. The largest absolute Gasteiger partial charge is 0.461 e. The fourth-order valence-electron chi connectivity index (χ4n) is 2.69. The van der Waals surface area contributed by atoms with Gasteiger partial charge in [0.2, 0.25) is 11.8 Å². The summed E-state index contributed by atoms with van der Waals surface area (Å²) in [5, 5.41) is 18.2. The van der Waals surface area contributed by atoms with Crippen LogP contribution in [0.1, 0.15) is 19.7 Å². The van der Waals surface area contributed by atoms with Crippen LogP contribution in [0.25, 0.3) is 23.0 Å². The summed E-state index contributed by atoms with van der Waals surface area (Å²) < 4.78 is 13.3. The third-order valence-electron chi connectivity index (χ3n) is 3.90. The molecule has 0 unspecified atom stereocenters. The lowest BCUT2D eigenvalue weighted by molar-refractivity contribution is 0.488. The number of aromatic nitrogens is 5. The first-order valence-corrected chi connectivity index (χ1v) is 10.2. The van der Waals surface area contributed by atoms with Gasteiger partial charge < -0.3 is 8.83 Å². The number of furan rings is 1. The molecule has 0 amide bonds. The molecule has 3 heterocycles. The van der Waals surface area contributed by atoms with E-state index in [2.05, 4.69) is 38.8 Å². The Morgan fingerprint density at radius 1 is 1.07 bits per heavy atom. The average Bonchev–Trinajstić information content (AvgIpc) is 3.41. The van der Waals surface area contributed by atoms with E-state index in [1.54, 1.807) is 12.3 Å². The van der Waals surface area contributed by atoms with Crippen LogP contribution in [0.4, 0.5) is 0 Å². The molecule has 7 nitrogen and oxygen atoms in total. The van der Waals surface area contributed by atoms with Crippen LogP contribution in [0, 0.1) is 5.92 Å². The van der Waals surface area contributed by atoms with E-state index in [1.165, 1.54) is 11.8 Å². The Morgan fingerprint density at radius 3 is 2.68 bits per heavy atom. The minimum absolute atomic E-state index is 0.404. The molecule has 0 bridgehead atoms. The van der Waals surface area contributed by atoms with Crippen molar-refractivity contribution in [1.82, 2.24) is 25.0 Å². The zero-order chi connectivity index (χ0) is 19.5. The van der Waals surface area contributed by atoms with Crippen molar-refractivity contribution in [3.63, 3.8) is 0 Å². The van der Waals surface area contributed by atoms with Crippen LogP contribution in [0.15, 0.2) is 56.7 Å². The molecule has 28 heavy (non-hydrogen) atoms. The first kappa shape index (κ1) is 18.8. The van der Waals surface area contributed by atoms with Gasteiger partial charge in [0.25, 0.3) is 0 Å². The maximum Gasteiger partial charge on any atom is 0.249 e. The highest BCUT2D eigenvalue weighted by Crippen LogP contribution is 2.30. The Bertz CT molecular complexity index is 1060. The molecule has 0 radical (unpaired) electrons. The number of hydrogen-bond donors (Lipinski definition) is 0. The number of nitrogens with zero attached hydrogens (tertiary/aromatic N) is 5. The van der Waals surface area contributed by atoms with Gasteiger partial charge in [-0.05, 0) is 30.2 Å². The predicted octanol–water partition coefficient (Wildman–Crippen LogP) is 5.19. The molecule has 3 aromatic heterocycles.